The lowest BCUT2D eigenvalue weighted by Gasteiger charge is -2.10. The van der Waals surface area contributed by atoms with Crippen LogP contribution in [0.5, 0.6) is 0 Å². The van der Waals surface area contributed by atoms with E-state index < -0.39 is 0 Å². The number of hydrogen-bond acceptors (Lipinski definition) is 4. The largest absolute Gasteiger partial charge is 0.322 e. The molecule has 1 heterocycles. The molecule has 1 aliphatic rings. The van der Waals surface area contributed by atoms with Crippen LogP contribution in [-0.2, 0) is 0 Å². The Morgan fingerprint density at radius 2 is 1.88 bits per heavy atom. The Morgan fingerprint density at radius 3 is 2.65 bits per heavy atom. The molecule has 0 atom stereocenters. The number of Topliss-reactive ketones (excluding diaryl/α,β-unsaturated/α-hetero) is 1. The van der Waals surface area contributed by atoms with Gasteiger partial charge >= 0.3 is 0 Å². The van der Waals surface area contributed by atoms with E-state index in [1.54, 1.807) is 36.4 Å². The fraction of sp³-hybridized carbons (Fsp3) is 0.300. The predicted molar refractivity (Wildman–Crippen MR) is 99.4 cm³/mol. The Kier molecular flexibility index (Phi) is 4.24. The molecule has 2 aromatic carbocycles. The number of fused-ring (bicyclic) bond motifs is 1. The summed E-state index contributed by atoms with van der Waals surface area (Å²) in [6.45, 7) is 1.50. The lowest BCUT2D eigenvalue weighted by molar-refractivity contribution is 0.101. The summed E-state index contributed by atoms with van der Waals surface area (Å²) in [6.07, 6.45) is 4.72. The highest BCUT2D eigenvalue weighted by atomic mass is 16.1. The van der Waals surface area contributed by atoms with Crippen molar-refractivity contribution in [2.24, 2.45) is 0 Å². The molecule has 1 saturated carbocycles. The first-order valence-electron chi connectivity index (χ1n) is 8.89. The normalized spacial score (nSPS) is 14.7. The van der Waals surface area contributed by atoms with Gasteiger partial charge in [0.1, 0.15) is 5.52 Å². The van der Waals surface area contributed by atoms with E-state index in [9.17, 15) is 9.59 Å². The van der Waals surface area contributed by atoms with Crippen LogP contribution < -0.4 is 5.32 Å². The maximum absolute atomic E-state index is 12.6. The molecule has 4 rings (SSSR count). The molecule has 0 unspecified atom stereocenters. The minimum absolute atomic E-state index is 0.0361. The van der Waals surface area contributed by atoms with Crippen molar-refractivity contribution >= 4 is 28.4 Å². The summed E-state index contributed by atoms with van der Waals surface area (Å²) in [7, 11) is 0. The van der Waals surface area contributed by atoms with E-state index in [2.05, 4.69) is 15.6 Å². The number of rotatable bonds is 4. The highest BCUT2D eigenvalue weighted by molar-refractivity contribution is 6.06. The minimum Gasteiger partial charge on any atom is -0.322 e. The van der Waals surface area contributed by atoms with Crippen molar-refractivity contribution < 1.29 is 9.59 Å². The number of amides is 1. The third kappa shape index (κ3) is 3.10. The zero-order chi connectivity index (χ0) is 18.1. The number of aromatic nitrogens is 3. The van der Waals surface area contributed by atoms with Gasteiger partial charge < -0.3 is 5.32 Å². The van der Waals surface area contributed by atoms with Crippen LogP contribution in [0.1, 0.15) is 59.4 Å². The SMILES string of the molecule is CC(=O)c1cccc(NC(=O)c2ccc3c(c2)nnn3C2CCCC2)c1. The molecule has 1 fully saturated rings. The molecular weight excluding hydrogens is 328 g/mol. The van der Waals surface area contributed by atoms with E-state index in [1.807, 2.05) is 10.7 Å². The summed E-state index contributed by atoms with van der Waals surface area (Å²) < 4.78 is 1.99. The van der Waals surface area contributed by atoms with Crippen molar-refractivity contribution in [3.8, 4) is 0 Å². The van der Waals surface area contributed by atoms with Crippen molar-refractivity contribution in [2.45, 2.75) is 38.6 Å². The topological polar surface area (TPSA) is 76.9 Å². The summed E-state index contributed by atoms with van der Waals surface area (Å²) in [5.41, 5.74) is 3.37. The number of nitrogens with one attached hydrogen (secondary N) is 1. The van der Waals surface area contributed by atoms with Gasteiger partial charge in [-0.25, -0.2) is 4.68 Å². The van der Waals surface area contributed by atoms with Gasteiger partial charge in [-0.1, -0.05) is 30.2 Å². The fourth-order valence-corrected chi connectivity index (χ4v) is 3.52. The average molecular weight is 348 g/mol. The molecule has 1 aliphatic carbocycles. The highest BCUT2D eigenvalue weighted by Gasteiger charge is 2.20. The molecule has 26 heavy (non-hydrogen) atoms. The molecule has 3 aromatic rings. The summed E-state index contributed by atoms with van der Waals surface area (Å²) in [5, 5.41) is 11.4. The smallest absolute Gasteiger partial charge is 0.255 e. The first kappa shape index (κ1) is 16.4. The van der Waals surface area contributed by atoms with Gasteiger partial charge in [-0.2, -0.15) is 0 Å². The minimum atomic E-state index is -0.233. The number of carbonyl (C=O) groups excluding carboxylic acids is 2. The van der Waals surface area contributed by atoms with Crippen molar-refractivity contribution in [1.82, 2.24) is 15.0 Å². The van der Waals surface area contributed by atoms with Gasteiger partial charge in [0.15, 0.2) is 5.78 Å². The molecule has 6 nitrogen and oxygen atoms in total. The Hall–Kier alpha value is -3.02. The van der Waals surface area contributed by atoms with Gasteiger partial charge in [-0.15, -0.1) is 5.10 Å². The maximum Gasteiger partial charge on any atom is 0.255 e. The molecule has 0 saturated heterocycles. The van der Waals surface area contributed by atoms with E-state index in [-0.39, 0.29) is 11.7 Å². The van der Waals surface area contributed by atoms with Crippen molar-refractivity contribution in [1.29, 1.82) is 0 Å². The van der Waals surface area contributed by atoms with Gasteiger partial charge in [-0.05, 0) is 50.1 Å². The van der Waals surface area contributed by atoms with Crippen LogP contribution in [0.25, 0.3) is 11.0 Å². The molecule has 0 aliphatic heterocycles. The third-order valence-corrected chi connectivity index (χ3v) is 4.93. The molecule has 0 bridgehead atoms. The van der Waals surface area contributed by atoms with Crippen LogP contribution in [0.2, 0.25) is 0 Å². The summed E-state index contributed by atoms with van der Waals surface area (Å²) in [6, 6.07) is 12.8. The van der Waals surface area contributed by atoms with Crippen LogP contribution in [0.3, 0.4) is 0 Å². The number of carbonyl (C=O) groups is 2. The standard InChI is InChI=1S/C20H20N4O2/c1-13(25)14-5-4-6-16(11-14)21-20(26)15-9-10-19-18(12-15)22-23-24(19)17-7-2-3-8-17/h4-6,9-12,17H,2-3,7-8H2,1H3,(H,21,26). The molecular formula is C20H20N4O2. The summed E-state index contributed by atoms with van der Waals surface area (Å²) >= 11 is 0. The molecule has 1 amide bonds. The second kappa shape index (κ2) is 6.71. The first-order chi connectivity index (χ1) is 12.6. The van der Waals surface area contributed by atoms with Crippen LogP contribution in [0, 0.1) is 0 Å². The fourth-order valence-electron chi connectivity index (χ4n) is 3.52. The lowest BCUT2D eigenvalue weighted by atomic mass is 10.1. The van der Waals surface area contributed by atoms with Gasteiger partial charge in [0.2, 0.25) is 0 Å². The van der Waals surface area contributed by atoms with Crippen LogP contribution >= 0.6 is 0 Å². The van der Waals surface area contributed by atoms with Crippen LogP contribution in [0.15, 0.2) is 42.5 Å². The summed E-state index contributed by atoms with van der Waals surface area (Å²) in [5.74, 6) is -0.269. The number of hydrogen-bond donors (Lipinski definition) is 1. The summed E-state index contributed by atoms with van der Waals surface area (Å²) in [4.78, 5) is 24.0. The van der Waals surface area contributed by atoms with Crippen LogP contribution in [0.4, 0.5) is 5.69 Å². The number of ketones is 1. The lowest BCUT2D eigenvalue weighted by Crippen LogP contribution is -2.12. The Bertz CT molecular complexity index is 986. The molecule has 6 heteroatoms. The quantitative estimate of drug-likeness (QED) is 0.723. The third-order valence-electron chi connectivity index (χ3n) is 4.93. The van der Waals surface area contributed by atoms with Crippen molar-refractivity contribution in [2.75, 3.05) is 5.32 Å². The molecule has 0 radical (unpaired) electrons. The predicted octanol–water partition coefficient (Wildman–Crippen LogP) is 4.00. The zero-order valence-electron chi connectivity index (χ0n) is 14.6. The van der Waals surface area contributed by atoms with E-state index in [0.29, 0.717) is 22.9 Å². The van der Waals surface area contributed by atoms with E-state index in [1.165, 1.54) is 19.8 Å². The first-order valence-corrected chi connectivity index (χ1v) is 8.89. The van der Waals surface area contributed by atoms with Crippen molar-refractivity contribution in [3.05, 3.63) is 53.6 Å². The van der Waals surface area contributed by atoms with E-state index in [0.717, 1.165) is 23.9 Å². The second-order valence-corrected chi connectivity index (χ2v) is 6.77. The highest BCUT2D eigenvalue weighted by Crippen LogP contribution is 2.31. The van der Waals surface area contributed by atoms with Gasteiger partial charge in [-0.3, -0.25) is 9.59 Å². The van der Waals surface area contributed by atoms with Gasteiger partial charge in [0.05, 0.1) is 11.6 Å². The van der Waals surface area contributed by atoms with Crippen LogP contribution in [-0.4, -0.2) is 26.7 Å². The Morgan fingerprint density at radius 1 is 1.08 bits per heavy atom. The number of nitrogens with zero attached hydrogens (tertiary/aromatic N) is 3. The number of benzene rings is 2. The molecule has 132 valence electrons. The molecule has 1 aromatic heterocycles. The average Bonchev–Trinajstić information content (AvgIpc) is 3.30. The maximum atomic E-state index is 12.6. The van der Waals surface area contributed by atoms with Gasteiger partial charge in [0.25, 0.3) is 5.91 Å². The molecule has 0 spiro atoms. The Labute approximate surface area is 151 Å². The molecule has 1 N–H and O–H groups in total. The number of anilines is 1. The van der Waals surface area contributed by atoms with E-state index in [4.69, 9.17) is 0 Å². The monoisotopic (exact) mass is 348 g/mol. The van der Waals surface area contributed by atoms with E-state index >= 15 is 0 Å². The van der Waals surface area contributed by atoms with Gasteiger partial charge in [0, 0.05) is 16.8 Å². The zero-order valence-corrected chi connectivity index (χ0v) is 14.6. The Balaban J connectivity index is 1.57. The second-order valence-electron chi connectivity index (χ2n) is 6.77. The van der Waals surface area contributed by atoms with Crippen molar-refractivity contribution in [3.63, 3.8) is 0 Å².